The molecule has 1 rings (SSSR count). The van der Waals surface area contributed by atoms with Gasteiger partial charge in [0, 0.05) is 10.5 Å². The molecular formula is C11H14BrNO2. The van der Waals surface area contributed by atoms with E-state index in [0.717, 1.165) is 10.0 Å². The maximum atomic E-state index is 11.0. The highest BCUT2D eigenvalue weighted by Gasteiger charge is 2.09. The Bertz CT molecular complexity index is 324. The van der Waals surface area contributed by atoms with Crippen LogP contribution in [0.4, 0.5) is 0 Å². The van der Waals surface area contributed by atoms with E-state index in [0.29, 0.717) is 6.42 Å². The van der Waals surface area contributed by atoms with Gasteiger partial charge >= 0.3 is 5.97 Å². The van der Waals surface area contributed by atoms with Gasteiger partial charge in [-0.1, -0.05) is 28.1 Å². The second kappa shape index (κ2) is 5.88. The van der Waals surface area contributed by atoms with Crippen molar-refractivity contribution in [3.05, 3.63) is 34.3 Å². The fourth-order valence-electron chi connectivity index (χ4n) is 1.29. The number of benzene rings is 1. The summed E-state index contributed by atoms with van der Waals surface area (Å²) in [7, 11) is 1.37. The molecule has 0 aromatic heterocycles. The molecule has 1 aromatic rings. The third-order valence-electron chi connectivity index (χ3n) is 2.07. The number of methoxy groups -OCH3 is 1. The number of halogens is 1. The highest BCUT2D eigenvalue weighted by Crippen LogP contribution is 2.12. The van der Waals surface area contributed by atoms with Crippen LogP contribution in [-0.4, -0.2) is 19.1 Å². The third-order valence-corrected chi connectivity index (χ3v) is 2.60. The molecule has 4 heteroatoms. The predicted molar refractivity (Wildman–Crippen MR) is 62.5 cm³/mol. The lowest BCUT2D eigenvalue weighted by Gasteiger charge is -2.09. The van der Waals surface area contributed by atoms with Crippen LogP contribution < -0.4 is 5.73 Å². The molecule has 0 amide bonds. The standard InChI is InChI=1S/C11H14BrNO2/c1-15-11(14)7-10(13)6-8-2-4-9(12)5-3-8/h2-5,10H,6-7,13H2,1H3. The minimum Gasteiger partial charge on any atom is -0.469 e. The maximum Gasteiger partial charge on any atom is 0.307 e. The molecule has 0 saturated heterocycles. The average Bonchev–Trinajstić information content (AvgIpc) is 2.21. The summed E-state index contributed by atoms with van der Waals surface area (Å²) in [6, 6.07) is 7.71. The molecule has 1 aromatic carbocycles. The molecule has 3 nitrogen and oxygen atoms in total. The lowest BCUT2D eigenvalue weighted by molar-refractivity contribution is -0.140. The molecule has 0 aliphatic rings. The zero-order valence-corrected chi connectivity index (χ0v) is 10.2. The van der Waals surface area contributed by atoms with Crippen LogP contribution in [0.5, 0.6) is 0 Å². The topological polar surface area (TPSA) is 52.3 Å². The molecule has 0 aliphatic carbocycles. The van der Waals surface area contributed by atoms with Crippen molar-refractivity contribution >= 4 is 21.9 Å². The summed E-state index contributed by atoms with van der Waals surface area (Å²) in [5, 5.41) is 0. The van der Waals surface area contributed by atoms with Crippen LogP contribution in [0.3, 0.4) is 0 Å². The van der Waals surface area contributed by atoms with Gasteiger partial charge in [-0.3, -0.25) is 4.79 Å². The van der Waals surface area contributed by atoms with E-state index < -0.39 is 0 Å². The van der Waals surface area contributed by atoms with Crippen molar-refractivity contribution in [3.8, 4) is 0 Å². The third kappa shape index (κ3) is 4.44. The Morgan fingerprint density at radius 1 is 1.47 bits per heavy atom. The van der Waals surface area contributed by atoms with Crippen molar-refractivity contribution in [2.45, 2.75) is 18.9 Å². The molecule has 15 heavy (non-hydrogen) atoms. The van der Waals surface area contributed by atoms with E-state index in [2.05, 4.69) is 20.7 Å². The summed E-state index contributed by atoms with van der Waals surface area (Å²) in [5.74, 6) is -0.264. The van der Waals surface area contributed by atoms with Crippen molar-refractivity contribution in [1.29, 1.82) is 0 Å². The first-order chi connectivity index (χ1) is 7.11. The molecule has 0 bridgehead atoms. The van der Waals surface area contributed by atoms with Crippen molar-refractivity contribution in [2.24, 2.45) is 5.73 Å². The van der Waals surface area contributed by atoms with Crippen LogP contribution in [0.1, 0.15) is 12.0 Å². The van der Waals surface area contributed by atoms with Crippen molar-refractivity contribution in [2.75, 3.05) is 7.11 Å². The van der Waals surface area contributed by atoms with E-state index in [4.69, 9.17) is 5.73 Å². The largest absolute Gasteiger partial charge is 0.469 e. The summed E-state index contributed by atoms with van der Waals surface area (Å²) in [6.45, 7) is 0. The zero-order valence-electron chi connectivity index (χ0n) is 8.57. The van der Waals surface area contributed by atoms with Gasteiger partial charge in [0.1, 0.15) is 0 Å². The molecule has 82 valence electrons. The van der Waals surface area contributed by atoms with Crippen LogP contribution >= 0.6 is 15.9 Å². The second-order valence-corrected chi connectivity index (χ2v) is 4.29. The van der Waals surface area contributed by atoms with Crippen LogP contribution in [0.25, 0.3) is 0 Å². The monoisotopic (exact) mass is 271 g/mol. The summed E-state index contributed by atoms with van der Waals surface area (Å²) >= 11 is 3.36. The molecular weight excluding hydrogens is 258 g/mol. The van der Waals surface area contributed by atoms with Crippen molar-refractivity contribution in [1.82, 2.24) is 0 Å². The van der Waals surface area contributed by atoms with Gasteiger partial charge in [0.2, 0.25) is 0 Å². The first kappa shape index (κ1) is 12.2. The molecule has 0 aliphatic heterocycles. The lowest BCUT2D eigenvalue weighted by Crippen LogP contribution is -2.26. The minimum absolute atomic E-state index is 0.182. The van der Waals surface area contributed by atoms with Gasteiger partial charge in [-0.05, 0) is 24.1 Å². The first-order valence-electron chi connectivity index (χ1n) is 4.68. The Morgan fingerprint density at radius 2 is 2.07 bits per heavy atom. The molecule has 1 unspecified atom stereocenters. The fourth-order valence-corrected chi connectivity index (χ4v) is 1.56. The SMILES string of the molecule is COC(=O)CC(N)Cc1ccc(Br)cc1. The molecule has 1 atom stereocenters. The van der Waals surface area contributed by atoms with Crippen LogP contribution in [-0.2, 0) is 16.0 Å². The van der Waals surface area contributed by atoms with Gasteiger partial charge < -0.3 is 10.5 Å². The van der Waals surface area contributed by atoms with Gasteiger partial charge in [0.05, 0.1) is 13.5 Å². The molecule has 2 N–H and O–H groups in total. The number of esters is 1. The smallest absolute Gasteiger partial charge is 0.307 e. The van der Waals surface area contributed by atoms with E-state index in [1.54, 1.807) is 0 Å². The Balaban J connectivity index is 2.47. The minimum atomic E-state index is -0.264. The second-order valence-electron chi connectivity index (χ2n) is 3.37. The number of rotatable bonds is 4. The highest BCUT2D eigenvalue weighted by atomic mass is 79.9. The quantitative estimate of drug-likeness (QED) is 0.851. The van der Waals surface area contributed by atoms with Crippen LogP contribution in [0.2, 0.25) is 0 Å². The summed E-state index contributed by atoms with van der Waals surface area (Å²) in [4.78, 5) is 11.0. The summed E-state index contributed by atoms with van der Waals surface area (Å²) in [5.41, 5.74) is 6.93. The normalized spacial score (nSPS) is 12.2. The molecule has 0 spiro atoms. The number of hydrogen-bond acceptors (Lipinski definition) is 3. The maximum absolute atomic E-state index is 11.0. The number of hydrogen-bond donors (Lipinski definition) is 1. The molecule has 0 fully saturated rings. The molecule has 0 heterocycles. The van der Waals surface area contributed by atoms with Gasteiger partial charge in [-0.25, -0.2) is 0 Å². The van der Waals surface area contributed by atoms with E-state index >= 15 is 0 Å². The lowest BCUT2D eigenvalue weighted by atomic mass is 10.0. The number of carbonyl (C=O) groups excluding carboxylic acids is 1. The number of nitrogens with two attached hydrogens (primary N) is 1. The van der Waals surface area contributed by atoms with E-state index in [1.807, 2.05) is 24.3 Å². The van der Waals surface area contributed by atoms with E-state index in [9.17, 15) is 4.79 Å². The molecule has 0 saturated carbocycles. The Morgan fingerprint density at radius 3 is 2.60 bits per heavy atom. The Labute approximate surface area is 97.7 Å². The van der Waals surface area contributed by atoms with Crippen LogP contribution in [0.15, 0.2) is 28.7 Å². The van der Waals surface area contributed by atoms with Crippen molar-refractivity contribution in [3.63, 3.8) is 0 Å². The fraction of sp³-hybridized carbons (Fsp3) is 0.364. The van der Waals surface area contributed by atoms with Gasteiger partial charge in [0.25, 0.3) is 0 Å². The predicted octanol–water partition coefficient (Wildman–Crippen LogP) is 1.88. The number of carbonyl (C=O) groups is 1. The zero-order chi connectivity index (χ0) is 11.3. The first-order valence-corrected chi connectivity index (χ1v) is 5.48. The average molecular weight is 272 g/mol. The van der Waals surface area contributed by atoms with Gasteiger partial charge in [-0.15, -0.1) is 0 Å². The summed E-state index contributed by atoms with van der Waals surface area (Å²) < 4.78 is 5.59. The van der Waals surface area contributed by atoms with Crippen molar-refractivity contribution < 1.29 is 9.53 Å². The highest BCUT2D eigenvalue weighted by molar-refractivity contribution is 9.10. The summed E-state index contributed by atoms with van der Waals surface area (Å²) in [6.07, 6.45) is 0.939. The molecule has 0 radical (unpaired) electrons. The Kier molecular flexibility index (Phi) is 4.78. The van der Waals surface area contributed by atoms with E-state index in [1.165, 1.54) is 7.11 Å². The van der Waals surface area contributed by atoms with Gasteiger partial charge in [0.15, 0.2) is 0 Å². The van der Waals surface area contributed by atoms with E-state index in [-0.39, 0.29) is 18.4 Å². The van der Waals surface area contributed by atoms with Crippen LogP contribution in [0, 0.1) is 0 Å². The number of ether oxygens (including phenoxy) is 1. The van der Waals surface area contributed by atoms with Gasteiger partial charge in [-0.2, -0.15) is 0 Å². The Hall–Kier alpha value is -0.870.